The second-order valence-corrected chi connectivity index (χ2v) is 2.34. The molecule has 0 aromatic carbocycles. The lowest BCUT2D eigenvalue weighted by molar-refractivity contribution is 0.247. The Labute approximate surface area is 70.2 Å². The molecule has 0 aromatic heterocycles. The topological polar surface area (TPSA) is 9.23 Å². The molecule has 0 aliphatic carbocycles. The molecule has 1 nitrogen and oxygen atoms in total. The Balaban J connectivity index is 3.70. The van der Waals surface area contributed by atoms with Gasteiger partial charge in [-0.05, 0) is 12.2 Å². The van der Waals surface area contributed by atoms with Crippen LogP contribution in [0.3, 0.4) is 0 Å². The van der Waals surface area contributed by atoms with Gasteiger partial charge in [-0.15, -0.1) is 0 Å². The van der Waals surface area contributed by atoms with Crippen LogP contribution in [-0.2, 0) is 4.74 Å². The molecule has 10 heavy (non-hydrogen) atoms. The normalized spacial score (nSPS) is 10.7. The monoisotopic (exact) mass is 202 g/mol. The lowest BCUT2D eigenvalue weighted by Gasteiger charge is -2.01. The molecule has 0 heterocycles. The van der Waals surface area contributed by atoms with Crippen LogP contribution in [0.15, 0.2) is 37.1 Å². The van der Waals surface area contributed by atoms with E-state index >= 15 is 0 Å². The molecule has 0 fully saturated rings. The van der Waals surface area contributed by atoms with Crippen molar-refractivity contribution in [2.45, 2.75) is 0 Å². The summed E-state index contributed by atoms with van der Waals surface area (Å²) < 4.78 is 5.21. The van der Waals surface area contributed by atoms with Gasteiger partial charge in [0.1, 0.15) is 5.76 Å². The number of allylic oxidation sites excluding steroid dienone is 3. The maximum Gasteiger partial charge on any atom is 0.118 e. The number of alkyl halides is 1. The minimum Gasteiger partial charge on any atom is -0.493 e. The van der Waals surface area contributed by atoms with E-state index in [0.29, 0.717) is 6.61 Å². The SMILES string of the molecule is C=C/C=C(\C=C)OCCBr. The fourth-order valence-electron chi connectivity index (χ4n) is 0.448. The fourth-order valence-corrected chi connectivity index (χ4v) is 0.610. The van der Waals surface area contributed by atoms with E-state index < -0.39 is 0 Å². The molecule has 0 spiro atoms. The van der Waals surface area contributed by atoms with E-state index in [2.05, 4.69) is 29.1 Å². The Morgan fingerprint density at radius 3 is 2.60 bits per heavy atom. The number of hydrogen-bond donors (Lipinski definition) is 0. The van der Waals surface area contributed by atoms with Crippen LogP contribution < -0.4 is 0 Å². The van der Waals surface area contributed by atoms with Gasteiger partial charge in [0, 0.05) is 5.33 Å². The summed E-state index contributed by atoms with van der Waals surface area (Å²) in [4.78, 5) is 0. The lowest BCUT2D eigenvalue weighted by atomic mass is 10.4. The molecule has 0 N–H and O–H groups in total. The highest BCUT2D eigenvalue weighted by molar-refractivity contribution is 9.09. The summed E-state index contributed by atoms with van der Waals surface area (Å²) in [7, 11) is 0. The molecule has 0 aliphatic rings. The van der Waals surface area contributed by atoms with Crippen LogP contribution >= 0.6 is 15.9 Å². The quantitative estimate of drug-likeness (QED) is 0.379. The van der Waals surface area contributed by atoms with Gasteiger partial charge in [-0.1, -0.05) is 35.2 Å². The summed E-state index contributed by atoms with van der Waals surface area (Å²) in [6.07, 6.45) is 5.10. The number of halogens is 1. The Bertz CT molecular complexity index is 138. The van der Waals surface area contributed by atoms with Crippen LogP contribution in [0, 0.1) is 0 Å². The van der Waals surface area contributed by atoms with Gasteiger partial charge in [-0.2, -0.15) is 0 Å². The molecule has 0 atom stereocenters. The molecule has 0 saturated carbocycles. The van der Waals surface area contributed by atoms with Crippen molar-refractivity contribution in [3.05, 3.63) is 37.1 Å². The van der Waals surface area contributed by atoms with Crippen molar-refractivity contribution in [2.75, 3.05) is 11.9 Å². The standard InChI is InChI=1S/C8H11BrO/c1-3-5-8(4-2)10-7-6-9/h3-5H,1-2,6-7H2/b8-5+. The van der Waals surface area contributed by atoms with E-state index in [1.165, 1.54) is 0 Å². The smallest absolute Gasteiger partial charge is 0.118 e. The highest BCUT2D eigenvalue weighted by Crippen LogP contribution is 1.98. The minimum absolute atomic E-state index is 0.658. The lowest BCUT2D eigenvalue weighted by Crippen LogP contribution is -1.92. The van der Waals surface area contributed by atoms with E-state index in [1.54, 1.807) is 18.2 Å². The predicted molar refractivity (Wildman–Crippen MR) is 48.2 cm³/mol. The largest absolute Gasteiger partial charge is 0.493 e. The Kier molecular flexibility index (Phi) is 6.29. The molecule has 56 valence electrons. The molecule has 2 heteroatoms. The zero-order valence-corrected chi connectivity index (χ0v) is 7.43. The van der Waals surface area contributed by atoms with E-state index in [1.807, 2.05) is 0 Å². The van der Waals surface area contributed by atoms with Crippen LogP contribution in [0.5, 0.6) is 0 Å². The van der Waals surface area contributed by atoms with E-state index in [9.17, 15) is 0 Å². The first-order chi connectivity index (χ1) is 4.85. The average molecular weight is 203 g/mol. The van der Waals surface area contributed by atoms with E-state index in [-0.39, 0.29) is 0 Å². The van der Waals surface area contributed by atoms with Crippen LogP contribution in [0.1, 0.15) is 0 Å². The van der Waals surface area contributed by atoms with Crippen molar-refractivity contribution in [1.82, 2.24) is 0 Å². The van der Waals surface area contributed by atoms with Gasteiger partial charge in [0.25, 0.3) is 0 Å². The maximum absolute atomic E-state index is 5.21. The zero-order chi connectivity index (χ0) is 7.82. The van der Waals surface area contributed by atoms with E-state index in [4.69, 9.17) is 4.74 Å². The second kappa shape index (κ2) is 6.62. The fraction of sp³-hybridized carbons (Fsp3) is 0.250. The van der Waals surface area contributed by atoms with Gasteiger partial charge in [0.2, 0.25) is 0 Å². The summed E-state index contributed by atoms with van der Waals surface area (Å²) in [5, 5.41) is 0.829. The predicted octanol–water partition coefficient (Wildman–Crippen LogP) is 2.65. The summed E-state index contributed by atoms with van der Waals surface area (Å²) >= 11 is 3.25. The van der Waals surface area contributed by atoms with Crippen molar-refractivity contribution >= 4 is 15.9 Å². The molecule has 0 radical (unpaired) electrons. The van der Waals surface area contributed by atoms with Gasteiger partial charge in [0.15, 0.2) is 0 Å². The molecular formula is C8H11BrO. The van der Waals surface area contributed by atoms with Gasteiger partial charge >= 0.3 is 0 Å². The number of rotatable bonds is 5. The molecule has 0 amide bonds. The highest BCUT2D eigenvalue weighted by Gasteiger charge is 1.87. The third kappa shape index (κ3) is 4.39. The van der Waals surface area contributed by atoms with Crippen molar-refractivity contribution in [3.8, 4) is 0 Å². The minimum atomic E-state index is 0.658. The third-order valence-electron chi connectivity index (χ3n) is 0.829. The number of ether oxygens (including phenoxy) is 1. The van der Waals surface area contributed by atoms with Crippen molar-refractivity contribution in [3.63, 3.8) is 0 Å². The summed E-state index contributed by atoms with van der Waals surface area (Å²) in [5.74, 6) is 0.759. The summed E-state index contributed by atoms with van der Waals surface area (Å²) in [6.45, 7) is 7.78. The highest BCUT2D eigenvalue weighted by atomic mass is 79.9. The van der Waals surface area contributed by atoms with Crippen LogP contribution in [0.2, 0.25) is 0 Å². The molecule has 0 rings (SSSR count). The first kappa shape index (κ1) is 9.50. The van der Waals surface area contributed by atoms with Crippen LogP contribution in [0.4, 0.5) is 0 Å². The maximum atomic E-state index is 5.21. The average Bonchev–Trinajstić information content (AvgIpc) is 1.98. The Morgan fingerprint density at radius 2 is 2.20 bits per heavy atom. The Morgan fingerprint density at radius 1 is 1.50 bits per heavy atom. The first-order valence-corrected chi connectivity index (χ1v) is 4.11. The zero-order valence-electron chi connectivity index (χ0n) is 5.85. The molecule has 0 aliphatic heterocycles. The van der Waals surface area contributed by atoms with Gasteiger partial charge in [-0.25, -0.2) is 0 Å². The van der Waals surface area contributed by atoms with Crippen LogP contribution in [0.25, 0.3) is 0 Å². The summed E-state index contributed by atoms with van der Waals surface area (Å²) in [5.41, 5.74) is 0. The van der Waals surface area contributed by atoms with E-state index in [0.717, 1.165) is 11.1 Å². The van der Waals surface area contributed by atoms with Gasteiger partial charge in [0.05, 0.1) is 6.61 Å². The first-order valence-electron chi connectivity index (χ1n) is 2.99. The number of hydrogen-bond acceptors (Lipinski definition) is 1. The van der Waals surface area contributed by atoms with Gasteiger partial charge in [-0.3, -0.25) is 0 Å². The third-order valence-corrected chi connectivity index (χ3v) is 1.15. The summed E-state index contributed by atoms with van der Waals surface area (Å²) in [6, 6.07) is 0. The Hall–Kier alpha value is -0.500. The molecule has 0 bridgehead atoms. The molecule has 0 aromatic rings. The molecule has 0 saturated heterocycles. The molecular weight excluding hydrogens is 192 g/mol. The van der Waals surface area contributed by atoms with Crippen molar-refractivity contribution < 1.29 is 4.74 Å². The van der Waals surface area contributed by atoms with Crippen molar-refractivity contribution in [2.24, 2.45) is 0 Å². The van der Waals surface area contributed by atoms with Crippen LogP contribution in [-0.4, -0.2) is 11.9 Å². The molecule has 0 unspecified atom stereocenters. The van der Waals surface area contributed by atoms with Crippen molar-refractivity contribution in [1.29, 1.82) is 0 Å². The van der Waals surface area contributed by atoms with Gasteiger partial charge < -0.3 is 4.74 Å². The second-order valence-electron chi connectivity index (χ2n) is 1.55.